The van der Waals surface area contributed by atoms with Crippen molar-refractivity contribution in [1.82, 2.24) is 19.7 Å². The standard InChI is InChI=1S/C13H12N4S2/c1-9-4-7-19-11(9)8-17-12(15-16-13(17)18)10-2-5-14-6-3-10/h2-7H,8H2,1H3,(H,16,18). The van der Waals surface area contributed by atoms with Crippen LogP contribution in [0.5, 0.6) is 0 Å². The number of rotatable bonds is 3. The van der Waals surface area contributed by atoms with Crippen LogP contribution in [0.3, 0.4) is 0 Å². The lowest BCUT2D eigenvalue weighted by atomic mass is 10.2. The number of aromatic amines is 1. The van der Waals surface area contributed by atoms with Gasteiger partial charge in [0.15, 0.2) is 10.6 Å². The summed E-state index contributed by atoms with van der Waals surface area (Å²) in [5.41, 5.74) is 2.30. The Morgan fingerprint density at radius 2 is 2.11 bits per heavy atom. The monoisotopic (exact) mass is 288 g/mol. The normalized spacial score (nSPS) is 10.8. The Hall–Kier alpha value is -1.79. The van der Waals surface area contributed by atoms with Gasteiger partial charge in [-0.2, -0.15) is 5.10 Å². The van der Waals surface area contributed by atoms with Crippen LogP contribution in [0.1, 0.15) is 10.4 Å². The molecular formula is C13H12N4S2. The molecule has 4 nitrogen and oxygen atoms in total. The molecule has 0 aliphatic rings. The van der Waals surface area contributed by atoms with Crippen LogP contribution in [-0.4, -0.2) is 19.7 Å². The summed E-state index contributed by atoms with van der Waals surface area (Å²) < 4.78 is 2.66. The molecule has 0 fully saturated rings. The van der Waals surface area contributed by atoms with Gasteiger partial charge >= 0.3 is 0 Å². The summed E-state index contributed by atoms with van der Waals surface area (Å²) in [6.45, 7) is 2.86. The molecule has 0 aromatic carbocycles. The molecule has 0 amide bonds. The molecule has 6 heteroatoms. The smallest absolute Gasteiger partial charge is 0.195 e. The second-order valence-corrected chi connectivity index (χ2v) is 5.59. The van der Waals surface area contributed by atoms with Gasteiger partial charge < -0.3 is 0 Å². The van der Waals surface area contributed by atoms with E-state index in [-0.39, 0.29) is 0 Å². The Balaban J connectivity index is 2.05. The summed E-state index contributed by atoms with van der Waals surface area (Å²) in [7, 11) is 0. The van der Waals surface area contributed by atoms with Gasteiger partial charge in [-0.25, -0.2) is 0 Å². The molecule has 0 atom stereocenters. The van der Waals surface area contributed by atoms with Gasteiger partial charge in [0.05, 0.1) is 6.54 Å². The quantitative estimate of drug-likeness (QED) is 0.751. The van der Waals surface area contributed by atoms with Crippen molar-refractivity contribution in [2.24, 2.45) is 0 Å². The first-order valence-corrected chi connectivity index (χ1v) is 7.13. The number of hydrogen-bond acceptors (Lipinski definition) is 4. The fraction of sp³-hybridized carbons (Fsp3) is 0.154. The SMILES string of the molecule is Cc1ccsc1Cn1c(-c2ccncc2)n[nH]c1=S. The Kier molecular flexibility index (Phi) is 3.27. The van der Waals surface area contributed by atoms with E-state index in [0.717, 1.165) is 17.9 Å². The van der Waals surface area contributed by atoms with Crippen molar-refractivity contribution in [1.29, 1.82) is 0 Å². The molecule has 19 heavy (non-hydrogen) atoms. The summed E-state index contributed by atoms with van der Waals surface area (Å²) >= 11 is 7.06. The summed E-state index contributed by atoms with van der Waals surface area (Å²) in [5.74, 6) is 0.847. The van der Waals surface area contributed by atoms with Crippen molar-refractivity contribution in [2.45, 2.75) is 13.5 Å². The first kappa shape index (κ1) is 12.3. The second-order valence-electron chi connectivity index (χ2n) is 4.20. The third-order valence-electron chi connectivity index (χ3n) is 2.97. The van der Waals surface area contributed by atoms with E-state index >= 15 is 0 Å². The predicted octanol–water partition coefficient (Wildman–Crippen LogP) is 3.42. The average Bonchev–Trinajstić information content (AvgIpc) is 2.99. The molecule has 0 unspecified atom stereocenters. The van der Waals surface area contributed by atoms with Gasteiger partial charge in [0, 0.05) is 22.8 Å². The molecule has 3 rings (SSSR count). The topological polar surface area (TPSA) is 46.5 Å². The highest BCUT2D eigenvalue weighted by atomic mass is 32.1. The van der Waals surface area contributed by atoms with Crippen LogP contribution in [0.2, 0.25) is 0 Å². The zero-order chi connectivity index (χ0) is 13.2. The third kappa shape index (κ3) is 2.36. The van der Waals surface area contributed by atoms with E-state index in [1.807, 2.05) is 16.7 Å². The van der Waals surface area contributed by atoms with E-state index in [1.54, 1.807) is 23.7 Å². The van der Waals surface area contributed by atoms with Crippen LogP contribution in [-0.2, 0) is 6.54 Å². The second kappa shape index (κ2) is 5.07. The maximum atomic E-state index is 5.32. The Bertz CT molecular complexity index is 739. The number of nitrogens with one attached hydrogen (secondary N) is 1. The molecule has 0 bridgehead atoms. The summed E-state index contributed by atoms with van der Waals surface area (Å²) in [6, 6.07) is 5.99. The number of pyridine rings is 1. The van der Waals surface area contributed by atoms with Crippen molar-refractivity contribution in [2.75, 3.05) is 0 Å². The number of nitrogens with zero attached hydrogens (tertiary/aromatic N) is 3. The fourth-order valence-electron chi connectivity index (χ4n) is 1.90. The zero-order valence-corrected chi connectivity index (χ0v) is 12.0. The summed E-state index contributed by atoms with van der Waals surface area (Å²) in [5, 5.41) is 9.28. The van der Waals surface area contributed by atoms with Gasteiger partial charge in [0.2, 0.25) is 0 Å². The van der Waals surface area contributed by atoms with E-state index in [1.165, 1.54) is 10.4 Å². The van der Waals surface area contributed by atoms with E-state index in [0.29, 0.717) is 4.77 Å². The maximum absolute atomic E-state index is 5.32. The number of hydrogen-bond donors (Lipinski definition) is 1. The Morgan fingerprint density at radius 1 is 1.32 bits per heavy atom. The first-order chi connectivity index (χ1) is 9.25. The highest BCUT2D eigenvalue weighted by Crippen LogP contribution is 2.21. The molecule has 0 saturated heterocycles. The number of aryl methyl sites for hydroxylation is 1. The lowest BCUT2D eigenvalue weighted by molar-refractivity contribution is 0.798. The van der Waals surface area contributed by atoms with Crippen LogP contribution in [0.15, 0.2) is 36.0 Å². The van der Waals surface area contributed by atoms with Crippen LogP contribution in [0, 0.1) is 11.7 Å². The highest BCUT2D eigenvalue weighted by molar-refractivity contribution is 7.71. The minimum Gasteiger partial charge on any atom is -0.295 e. The van der Waals surface area contributed by atoms with Crippen molar-refractivity contribution in [3.8, 4) is 11.4 Å². The largest absolute Gasteiger partial charge is 0.295 e. The van der Waals surface area contributed by atoms with Crippen LogP contribution in [0.25, 0.3) is 11.4 Å². The minimum absolute atomic E-state index is 0.639. The van der Waals surface area contributed by atoms with Gasteiger partial charge in [0.1, 0.15) is 0 Å². The Morgan fingerprint density at radius 3 is 2.79 bits per heavy atom. The molecule has 96 valence electrons. The number of aromatic nitrogens is 4. The molecule has 0 radical (unpaired) electrons. The number of H-pyrrole nitrogens is 1. The van der Waals surface area contributed by atoms with E-state index in [9.17, 15) is 0 Å². The van der Waals surface area contributed by atoms with E-state index in [4.69, 9.17) is 12.2 Å². The van der Waals surface area contributed by atoms with Gasteiger partial charge in [-0.05, 0) is 48.3 Å². The predicted molar refractivity (Wildman–Crippen MR) is 78.8 cm³/mol. The van der Waals surface area contributed by atoms with Gasteiger partial charge in [-0.1, -0.05) is 0 Å². The minimum atomic E-state index is 0.639. The third-order valence-corrected chi connectivity index (χ3v) is 4.29. The molecule has 1 N–H and O–H groups in total. The zero-order valence-electron chi connectivity index (χ0n) is 10.3. The molecule has 3 aromatic rings. The maximum Gasteiger partial charge on any atom is 0.195 e. The molecule has 0 aliphatic carbocycles. The van der Waals surface area contributed by atoms with Crippen molar-refractivity contribution in [3.63, 3.8) is 0 Å². The molecule has 0 saturated carbocycles. The molecule has 3 aromatic heterocycles. The molecule has 0 aliphatic heterocycles. The van der Waals surface area contributed by atoms with Gasteiger partial charge in [-0.15, -0.1) is 11.3 Å². The molecule has 3 heterocycles. The lowest BCUT2D eigenvalue weighted by Gasteiger charge is -2.06. The number of thiophene rings is 1. The molecule has 0 spiro atoms. The van der Waals surface area contributed by atoms with Crippen LogP contribution >= 0.6 is 23.6 Å². The van der Waals surface area contributed by atoms with Crippen molar-refractivity contribution in [3.05, 3.63) is 51.2 Å². The van der Waals surface area contributed by atoms with E-state index < -0.39 is 0 Å². The average molecular weight is 288 g/mol. The van der Waals surface area contributed by atoms with Crippen molar-refractivity contribution < 1.29 is 0 Å². The fourth-order valence-corrected chi connectivity index (χ4v) is 2.99. The van der Waals surface area contributed by atoms with Crippen LogP contribution in [0.4, 0.5) is 0 Å². The van der Waals surface area contributed by atoms with Crippen LogP contribution < -0.4 is 0 Å². The first-order valence-electron chi connectivity index (χ1n) is 5.84. The summed E-state index contributed by atoms with van der Waals surface area (Å²) in [6.07, 6.45) is 3.52. The van der Waals surface area contributed by atoms with Gasteiger partial charge in [0.25, 0.3) is 0 Å². The molecular weight excluding hydrogens is 276 g/mol. The van der Waals surface area contributed by atoms with Gasteiger partial charge in [-0.3, -0.25) is 14.6 Å². The Labute approximate surface area is 119 Å². The highest BCUT2D eigenvalue weighted by Gasteiger charge is 2.10. The van der Waals surface area contributed by atoms with E-state index in [2.05, 4.69) is 33.6 Å². The lowest BCUT2D eigenvalue weighted by Crippen LogP contribution is -2.02. The van der Waals surface area contributed by atoms with Crippen molar-refractivity contribution >= 4 is 23.6 Å². The summed E-state index contributed by atoms with van der Waals surface area (Å²) in [4.78, 5) is 5.32.